The topological polar surface area (TPSA) is 107 Å². The van der Waals surface area contributed by atoms with Crippen LogP contribution < -0.4 is 15.2 Å². The van der Waals surface area contributed by atoms with Crippen molar-refractivity contribution in [1.29, 1.82) is 0 Å². The van der Waals surface area contributed by atoms with Crippen LogP contribution in [0, 0.1) is 0 Å². The molecule has 4 aromatic rings. The van der Waals surface area contributed by atoms with Crippen LogP contribution in [0.2, 0.25) is 0 Å². The second-order valence-electron chi connectivity index (χ2n) is 9.01. The van der Waals surface area contributed by atoms with E-state index < -0.39 is 6.29 Å². The van der Waals surface area contributed by atoms with E-state index in [1.54, 1.807) is 6.26 Å². The van der Waals surface area contributed by atoms with Gasteiger partial charge in [-0.3, -0.25) is 0 Å². The van der Waals surface area contributed by atoms with Crippen LogP contribution >= 0.6 is 0 Å². The third-order valence-electron chi connectivity index (χ3n) is 6.43. The number of nitrogens with two attached hydrogens (primary N) is 1. The summed E-state index contributed by atoms with van der Waals surface area (Å²) in [7, 11) is 0. The van der Waals surface area contributed by atoms with Crippen molar-refractivity contribution in [3.05, 3.63) is 83.6 Å². The highest BCUT2D eigenvalue weighted by Crippen LogP contribution is 2.40. The second kappa shape index (κ2) is 11.1. The summed E-state index contributed by atoms with van der Waals surface area (Å²) in [6.45, 7) is 1.88. The van der Waals surface area contributed by atoms with Crippen LogP contribution in [0.4, 0.5) is 0 Å². The highest BCUT2D eigenvalue weighted by molar-refractivity contribution is 5.97. The molecule has 0 amide bonds. The van der Waals surface area contributed by atoms with Gasteiger partial charge in [0, 0.05) is 30.7 Å². The highest BCUT2D eigenvalue weighted by Gasteiger charge is 2.22. The lowest BCUT2D eigenvalue weighted by atomic mass is 9.98. The molecule has 36 heavy (non-hydrogen) atoms. The van der Waals surface area contributed by atoms with Gasteiger partial charge in [0.15, 0.2) is 6.29 Å². The molecular weight excluding hydrogens is 458 g/mol. The van der Waals surface area contributed by atoms with Crippen LogP contribution in [-0.2, 0) is 24.3 Å². The molecule has 7 heteroatoms. The maximum absolute atomic E-state index is 9.48. The molecule has 1 aliphatic rings. The van der Waals surface area contributed by atoms with Crippen LogP contribution in [0.25, 0.3) is 22.1 Å². The van der Waals surface area contributed by atoms with Crippen molar-refractivity contribution in [2.24, 2.45) is 5.73 Å². The van der Waals surface area contributed by atoms with E-state index in [1.165, 1.54) is 0 Å². The van der Waals surface area contributed by atoms with E-state index in [4.69, 9.17) is 24.4 Å². The third-order valence-corrected chi connectivity index (χ3v) is 6.43. The molecule has 1 unspecified atom stereocenters. The van der Waals surface area contributed by atoms with Gasteiger partial charge in [-0.2, -0.15) is 0 Å². The summed E-state index contributed by atoms with van der Waals surface area (Å²) in [5.41, 5.74) is 11.1. The Labute approximate surface area is 210 Å². The van der Waals surface area contributed by atoms with Gasteiger partial charge in [0.25, 0.3) is 0 Å². The third kappa shape index (κ3) is 5.39. The molecule has 1 aliphatic heterocycles. The first-order chi connectivity index (χ1) is 17.6. The summed E-state index contributed by atoms with van der Waals surface area (Å²) in [5.74, 6) is 1.29. The molecule has 1 aromatic heterocycles. The van der Waals surface area contributed by atoms with Gasteiger partial charge in [-0.1, -0.05) is 36.4 Å². The Hall–Kier alpha value is -3.36. The van der Waals surface area contributed by atoms with Gasteiger partial charge in [-0.15, -0.1) is 0 Å². The number of fused-ring (bicyclic) bond motifs is 1. The smallest absolute Gasteiger partial charge is 0.155 e. The molecule has 7 nitrogen and oxygen atoms in total. The molecule has 1 saturated heterocycles. The first-order valence-corrected chi connectivity index (χ1v) is 12.3. The van der Waals surface area contributed by atoms with Crippen LogP contribution in [0.1, 0.15) is 29.5 Å². The average molecular weight is 490 g/mol. The lowest BCUT2D eigenvalue weighted by Crippen LogP contribution is -2.17. The minimum Gasteiger partial charge on any atom is -0.490 e. The molecule has 0 spiro atoms. The summed E-state index contributed by atoms with van der Waals surface area (Å²) >= 11 is 0. The quantitative estimate of drug-likeness (QED) is 0.281. The largest absolute Gasteiger partial charge is 0.490 e. The predicted molar refractivity (Wildman–Crippen MR) is 137 cm³/mol. The summed E-state index contributed by atoms with van der Waals surface area (Å²) in [5, 5.41) is 19.8. The molecule has 0 bridgehead atoms. The zero-order valence-corrected chi connectivity index (χ0v) is 20.1. The van der Waals surface area contributed by atoms with E-state index in [0.717, 1.165) is 58.2 Å². The number of hydrogen-bond acceptors (Lipinski definition) is 7. The van der Waals surface area contributed by atoms with E-state index in [-0.39, 0.29) is 19.1 Å². The number of aliphatic hydroxyl groups is 2. The number of benzene rings is 3. The van der Waals surface area contributed by atoms with Gasteiger partial charge in [0.05, 0.1) is 17.8 Å². The molecule has 1 atom stereocenters. The SMILES string of the molecule is NCc1cccc(-c2cc(COc3ccccc3CC(O)O)c(OCC3CCCO3)c3ccoc23)c1. The first-order valence-electron chi connectivity index (χ1n) is 12.3. The molecule has 188 valence electrons. The number of furan rings is 1. The summed E-state index contributed by atoms with van der Waals surface area (Å²) < 4.78 is 24.3. The summed E-state index contributed by atoms with van der Waals surface area (Å²) in [6, 6.07) is 19.4. The van der Waals surface area contributed by atoms with Crippen LogP contribution in [0.15, 0.2) is 71.3 Å². The first kappa shape index (κ1) is 24.3. The van der Waals surface area contributed by atoms with Crippen molar-refractivity contribution >= 4 is 11.0 Å². The van der Waals surface area contributed by atoms with Crippen molar-refractivity contribution in [2.45, 2.75) is 44.8 Å². The lowest BCUT2D eigenvalue weighted by Gasteiger charge is -2.19. The Kier molecular flexibility index (Phi) is 7.53. The van der Waals surface area contributed by atoms with Crippen molar-refractivity contribution in [1.82, 2.24) is 0 Å². The van der Waals surface area contributed by atoms with Crippen molar-refractivity contribution < 1.29 is 28.8 Å². The lowest BCUT2D eigenvalue weighted by molar-refractivity contribution is -0.0385. The van der Waals surface area contributed by atoms with Crippen LogP contribution in [0.5, 0.6) is 11.5 Å². The van der Waals surface area contributed by atoms with Gasteiger partial charge in [-0.25, -0.2) is 0 Å². The number of para-hydroxylation sites is 1. The monoisotopic (exact) mass is 489 g/mol. The average Bonchev–Trinajstić information content (AvgIpc) is 3.59. The van der Waals surface area contributed by atoms with E-state index in [9.17, 15) is 10.2 Å². The number of hydrogen-bond donors (Lipinski definition) is 3. The molecule has 5 rings (SSSR count). The number of ether oxygens (including phenoxy) is 3. The molecule has 1 fully saturated rings. The number of aliphatic hydroxyl groups excluding tert-OH is 1. The Morgan fingerprint density at radius 3 is 2.69 bits per heavy atom. The van der Waals surface area contributed by atoms with Gasteiger partial charge >= 0.3 is 0 Å². The number of rotatable bonds is 10. The van der Waals surface area contributed by atoms with E-state index >= 15 is 0 Å². The Morgan fingerprint density at radius 2 is 1.89 bits per heavy atom. The molecule has 0 aliphatic carbocycles. The zero-order valence-electron chi connectivity index (χ0n) is 20.1. The fourth-order valence-electron chi connectivity index (χ4n) is 4.65. The van der Waals surface area contributed by atoms with Gasteiger partial charge in [0.1, 0.15) is 30.3 Å². The molecule has 2 heterocycles. The van der Waals surface area contributed by atoms with Crippen LogP contribution in [0.3, 0.4) is 0 Å². The summed E-state index contributed by atoms with van der Waals surface area (Å²) in [4.78, 5) is 0. The fourth-order valence-corrected chi connectivity index (χ4v) is 4.65. The van der Waals surface area contributed by atoms with E-state index in [2.05, 4.69) is 6.07 Å². The van der Waals surface area contributed by atoms with Crippen LogP contribution in [-0.4, -0.2) is 35.8 Å². The summed E-state index contributed by atoms with van der Waals surface area (Å²) in [6.07, 6.45) is 2.37. The normalized spacial score (nSPS) is 15.6. The Bertz CT molecular complexity index is 1310. The standard InChI is InChI=1S/C29H31NO6/c30-16-19-5-3-7-20(13-19)25-14-22(17-35-26-9-2-1-6-21(26)15-27(31)32)28(24-10-12-34-29(24)25)36-18-23-8-4-11-33-23/h1-3,5-7,9-10,12-14,23,27,31-32H,4,8,11,15-18,30H2. The maximum atomic E-state index is 9.48. The van der Waals surface area contributed by atoms with Gasteiger partial charge in [-0.05, 0) is 53.8 Å². The Balaban J connectivity index is 1.53. The molecule has 0 radical (unpaired) electrons. The second-order valence-corrected chi connectivity index (χ2v) is 9.01. The maximum Gasteiger partial charge on any atom is 0.155 e. The molecule has 3 aromatic carbocycles. The van der Waals surface area contributed by atoms with Crippen molar-refractivity contribution in [2.75, 3.05) is 13.2 Å². The minimum atomic E-state index is -1.45. The predicted octanol–water partition coefficient (Wildman–Crippen LogP) is 4.55. The van der Waals surface area contributed by atoms with Gasteiger partial charge < -0.3 is 34.6 Å². The minimum absolute atomic E-state index is 0.0633. The molecule has 4 N–H and O–H groups in total. The fraction of sp³-hybridized carbons (Fsp3) is 0.310. The van der Waals surface area contributed by atoms with Gasteiger partial charge in [0.2, 0.25) is 0 Å². The molecular formula is C29H31NO6. The molecule has 0 saturated carbocycles. The van der Waals surface area contributed by atoms with E-state index in [1.807, 2.05) is 54.6 Å². The highest BCUT2D eigenvalue weighted by atomic mass is 16.5. The van der Waals surface area contributed by atoms with E-state index in [0.29, 0.717) is 24.7 Å². The van der Waals surface area contributed by atoms with Crippen molar-refractivity contribution in [3.63, 3.8) is 0 Å². The van der Waals surface area contributed by atoms with Crippen molar-refractivity contribution in [3.8, 4) is 22.6 Å². The Morgan fingerprint density at radius 1 is 1.00 bits per heavy atom. The zero-order chi connectivity index (χ0) is 24.9.